The van der Waals surface area contributed by atoms with Gasteiger partial charge in [0.15, 0.2) is 0 Å². The van der Waals surface area contributed by atoms with E-state index in [-0.39, 0.29) is 0 Å². The average molecular weight is 251 g/mol. The van der Waals surface area contributed by atoms with Gasteiger partial charge in [-0.2, -0.15) is 0 Å². The van der Waals surface area contributed by atoms with Crippen molar-refractivity contribution in [3.63, 3.8) is 0 Å². The van der Waals surface area contributed by atoms with Crippen molar-refractivity contribution in [2.45, 2.75) is 83.4 Å². The van der Waals surface area contributed by atoms with Gasteiger partial charge < -0.3 is 10.1 Å². The Balaban J connectivity index is 1.54. The molecule has 3 atom stereocenters. The topological polar surface area (TPSA) is 21.3 Å². The first-order chi connectivity index (χ1) is 8.76. The minimum atomic E-state index is 0.531. The summed E-state index contributed by atoms with van der Waals surface area (Å²) in [7, 11) is 0. The van der Waals surface area contributed by atoms with Crippen LogP contribution in [0.25, 0.3) is 0 Å². The maximum atomic E-state index is 5.93. The van der Waals surface area contributed by atoms with Crippen molar-refractivity contribution in [1.82, 2.24) is 5.32 Å². The van der Waals surface area contributed by atoms with Crippen LogP contribution < -0.4 is 5.32 Å². The lowest BCUT2D eigenvalue weighted by atomic mass is 9.51. The first-order valence-corrected chi connectivity index (χ1v) is 8.14. The predicted octanol–water partition coefficient (Wildman–Crippen LogP) is 3.50. The summed E-state index contributed by atoms with van der Waals surface area (Å²) in [4.78, 5) is 0. The van der Waals surface area contributed by atoms with Crippen LogP contribution in [0.3, 0.4) is 0 Å². The van der Waals surface area contributed by atoms with Crippen LogP contribution in [0.2, 0.25) is 0 Å². The normalized spacial score (nSPS) is 36.3. The van der Waals surface area contributed by atoms with Crippen molar-refractivity contribution in [2.24, 2.45) is 11.3 Å². The number of hydrogen-bond donors (Lipinski definition) is 1. The minimum Gasteiger partial charge on any atom is -0.378 e. The van der Waals surface area contributed by atoms with Crippen LogP contribution in [-0.2, 0) is 4.74 Å². The highest BCUT2D eigenvalue weighted by molar-refractivity contribution is 5.12. The van der Waals surface area contributed by atoms with Gasteiger partial charge in [-0.25, -0.2) is 0 Å². The van der Waals surface area contributed by atoms with Crippen LogP contribution in [0.15, 0.2) is 0 Å². The van der Waals surface area contributed by atoms with Crippen LogP contribution in [-0.4, -0.2) is 24.8 Å². The van der Waals surface area contributed by atoms with E-state index in [2.05, 4.69) is 19.2 Å². The number of ether oxygens (including phenoxy) is 1. The molecule has 0 aromatic carbocycles. The monoisotopic (exact) mass is 251 g/mol. The van der Waals surface area contributed by atoms with Gasteiger partial charge in [0, 0.05) is 24.1 Å². The van der Waals surface area contributed by atoms with Gasteiger partial charge >= 0.3 is 0 Å². The third kappa shape index (κ3) is 2.02. The first-order valence-electron chi connectivity index (χ1n) is 8.14. The highest BCUT2D eigenvalue weighted by Gasteiger charge is 2.59. The zero-order chi connectivity index (χ0) is 12.6. The second-order valence-corrected chi connectivity index (χ2v) is 6.82. The van der Waals surface area contributed by atoms with Gasteiger partial charge in [-0.3, -0.25) is 0 Å². The van der Waals surface area contributed by atoms with Crippen molar-refractivity contribution in [1.29, 1.82) is 0 Å². The molecule has 18 heavy (non-hydrogen) atoms. The fourth-order valence-electron chi connectivity index (χ4n) is 4.58. The molecule has 2 nitrogen and oxygen atoms in total. The molecule has 0 aromatic heterocycles. The number of nitrogens with one attached hydrogen (secondary N) is 1. The molecule has 0 saturated heterocycles. The summed E-state index contributed by atoms with van der Waals surface area (Å²) in [5.41, 5.74) is 0.531. The Hall–Kier alpha value is -0.0800. The molecule has 3 rings (SSSR count). The molecule has 3 aliphatic carbocycles. The Bertz CT molecular complexity index is 281. The van der Waals surface area contributed by atoms with Crippen molar-refractivity contribution >= 4 is 0 Å². The smallest absolute Gasteiger partial charge is 0.0661 e. The fraction of sp³-hybridized carbons (Fsp3) is 1.00. The van der Waals surface area contributed by atoms with Crippen LogP contribution in [0, 0.1) is 11.3 Å². The van der Waals surface area contributed by atoms with Gasteiger partial charge in [0.25, 0.3) is 0 Å². The maximum Gasteiger partial charge on any atom is 0.0661 e. The summed E-state index contributed by atoms with van der Waals surface area (Å²) in [5, 5.41) is 3.96. The SMILES string of the molecule is CCOC1CC(NC(C)C2CCCC2)C12CCC2. The zero-order valence-electron chi connectivity index (χ0n) is 12.1. The molecule has 0 bridgehead atoms. The van der Waals surface area contributed by atoms with E-state index in [1.165, 1.54) is 51.4 Å². The molecule has 3 fully saturated rings. The lowest BCUT2D eigenvalue weighted by Gasteiger charge is -2.62. The molecular weight excluding hydrogens is 222 g/mol. The molecule has 3 aliphatic rings. The van der Waals surface area contributed by atoms with Crippen LogP contribution in [0.5, 0.6) is 0 Å². The molecule has 0 aliphatic heterocycles. The van der Waals surface area contributed by atoms with Gasteiger partial charge in [-0.05, 0) is 51.9 Å². The van der Waals surface area contributed by atoms with E-state index in [1.54, 1.807) is 0 Å². The maximum absolute atomic E-state index is 5.93. The van der Waals surface area contributed by atoms with E-state index in [9.17, 15) is 0 Å². The summed E-state index contributed by atoms with van der Waals surface area (Å²) in [5.74, 6) is 0.938. The zero-order valence-corrected chi connectivity index (χ0v) is 12.1. The summed E-state index contributed by atoms with van der Waals surface area (Å²) >= 11 is 0. The Morgan fingerprint density at radius 3 is 2.50 bits per heavy atom. The highest BCUT2D eigenvalue weighted by Crippen LogP contribution is 2.57. The minimum absolute atomic E-state index is 0.531. The Morgan fingerprint density at radius 1 is 1.22 bits per heavy atom. The lowest BCUT2D eigenvalue weighted by Crippen LogP contribution is -2.68. The van der Waals surface area contributed by atoms with E-state index in [0.29, 0.717) is 11.5 Å². The van der Waals surface area contributed by atoms with E-state index >= 15 is 0 Å². The first kappa shape index (κ1) is 12.9. The van der Waals surface area contributed by atoms with Crippen molar-refractivity contribution < 1.29 is 4.74 Å². The summed E-state index contributed by atoms with van der Waals surface area (Å²) in [6.07, 6.45) is 11.8. The van der Waals surface area contributed by atoms with Gasteiger partial charge in [-0.1, -0.05) is 19.3 Å². The second kappa shape index (κ2) is 5.13. The molecule has 2 heteroatoms. The third-order valence-electron chi connectivity index (χ3n) is 6.01. The predicted molar refractivity (Wildman–Crippen MR) is 74.7 cm³/mol. The lowest BCUT2D eigenvalue weighted by molar-refractivity contribution is -0.175. The average Bonchev–Trinajstić information content (AvgIpc) is 2.78. The van der Waals surface area contributed by atoms with E-state index < -0.39 is 0 Å². The Kier molecular flexibility index (Phi) is 3.68. The molecule has 1 N–H and O–H groups in total. The van der Waals surface area contributed by atoms with Gasteiger partial charge in [-0.15, -0.1) is 0 Å². The van der Waals surface area contributed by atoms with Crippen LogP contribution >= 0.6 is 0 Å². The third-order valence-corrected chi connectivity index (χ3v) is 6.01. The molecule has 3 unspecified atom stereocenters. The van der Waals surface area contributed by atoms with Crippen molar-refractivity contribution in [3.05, 3.63) is 0 Å². The largest absolute Gasteiger partial charge is 0.378 e. The highest BCUT2D eigenvalue weighted by atomic mass is 16.5. The molecule has 0 aromatic rings. The van der Waals surface area contributed by atoms with E-state index in [4.69, 9.17) is 4.74 Å². The molecular formula is C16H29NO. The van der Waals surface area contributed by atoms with Crippen LogP contribution in [0.1, 0.15) is 65.2 Å². The van der Waals surface area contributed by atoms with Gasteiger partial charge in [0.1, 0.15) is 0 Å². The molecule has 1 spiro atoms. The molecule has 3 saturated carbocycles. The molecule has 0 amide bonds. The molecule has 0 heterocycles. The second-order valence-electron chi connectivity index (χ2n) is 6.82. The van der Waals surface area contributed by atoms with Gasteiger partial charge in [0.2, 0.25) is 0 Å². The fourth-order valence-corrected chi connectivity index (χ4v) is 4.58. The number of hydrogen-bond acceptors (Lipinski definition) is 2. The quantitative estimate of drug-likeness (QED) is 0.807. The van der Waals surface area contributed by atoms with Crippen LogP contribution in [0.4, 0.5) is 0 Å². The number of rotatable bonds is 5. The Morgan fingerprint density at radius 2 is 1.94 bits per heavy atom. The summed E-state index contributed by atoms with van der Waals surface area (Å²) in [6, 6.07) is 1.47. The molecule has 104 valence electrons. The Labute approximate surface area is 112 Å². The van der Waals surface area contributed by atoms with E-state index in [0.717, 1.165) is 24.6 Å². The van der Waals surface area contributed by atoms with Crippen molar-refractivity contribution in [3.8, 4) is 0 Å². The van der Waals surface area contributed by atoms with Crippen molar-refractivity contribution in [2.75, 3.05) is 6.61 Å². The molecule has 0 radical (unpaired) electrons. The summed E-state index contributed by atoms with van der Waals surface area (Å²) < 4.78 is 5.93. The summed E-state index contributed by atoms with van der Waals surface area (Å²) in [6.45, 7) is 5.43. The standard InChI is InChI=1S/C16H29NO/c1-3-18-15-11-14(16(15)9-6-10-16)17-12(2)13-7-4-5-8-13/h12-15,17H,3-11H2,1-2H3. The van der Waals surface area contributed by atoms with Gasteiger partial charge in [0.05, 0.1) is 6.10 Å². The van der Waals surface area contributed by atoms with E-state index in [1.807, 2.05) is 0 Å².